The van der Waals surface area contributed by atoms with Crippen molar-refractivity contribution in [3.05, 3.63) is 47.5 Å². The molecule has 1 fully saturated rings. The van der Waals surface area contributed by atoms with E-state index in [2.05, 4.69) is 11.0 Å². The first-order chi connectivity index (χ1) is 13.6. The molecule has 146 valence electrons. The van der Waals surface area contributed by atoms with Crippen molar-refractivity contribution in [2.45, 2.75) is 0 Å². The summed E-state index contributed by atoms with van der Waals surface area (Å²) in [6, 6.07) is 13.0. The molecule has 0 aliphatic carbocycles. The number of piperazine rings is 1. The largest absolute Gasteiger partial charge is 0.493 e. The fourth-order valence-corrected chi connectivity index (χ4v) is 3.33. The molecule has 28 heavy (non-hydrogen) atoms. The summed E-state index contributed by atoms with van der Waals surface area (Å²) < 4.78 is 16.0. The summed E-state index contributed by atoms with van der Waals surface area (Å²) >= 11 is 0. The van der Waals surface area contributed by atoms with Gasteiger partial charge in [0.05, 0.1) is 33.0 Å². The highest BCUT2D eigenvalue weighted by molar-refractivity contribution is 5.95. The van der Waals surface area contributed by atoms with Gasteiger partial charge < -0.3 is 24.0 Å². The van der Waals surface area contributed by atoms with Crippen LogP contribution in [0.3, 0.4) is 0 Å². The second kappa shape index (κ2) is 8.53. The number of nitrogens with zero attached hydrogens (tertiary/aromatic N) is 3. The van der Waals surface area contributed by atoms with Crippen LogP contribution in [0.1, 0.15) is 15.9 Å². The van der Waals surface area contributed by atoms with Crippen LogP contribution in [0, 0.1) is 11.3 Å². The normalized spacial score (nSPS) is 13.6. The van der Waals surface area contributed by atoms with Gasteiger partial charge in [0.15, 0.2) is 11.5 Å². The van der Waals surface area contributed by atoms with Crippen molar-refractivity contribution in [2.75, 3.05) is 52.4 Å². The molecule has 1 aliphatic rings. The highest BCUT2D eigenvalue weighted by Gasteiger charge is 2.25. The van der Waals surface area contributed by atoms with Gasteiger partial charge in [0, 0.05) is 37.4 Å². The number of methoxy groups -OCH3 is 3. The molecule has 3 rings (SSSR count). The van der Waals surface area contributed by atoms with Crippen LogP contribution in [0.5, 0.6) is 17.2 Å². The first kappa shape index (κ1) is 19.4. The highest BCUT2D eigenvalue weighted by Crippen LogP contribution is 2.38. The predicted octanol–water partition coefficient (Wildman–Crippen LogP) is 2.55. The van der Waals surface area contributed by atoms with E-state index in [9.17, 15) is 4.79 Å². The second-order valence-corrected chi connectivity index (χ2v) is 6.36. The molecule has 1 heterocycles. The molecule has 0 unspecified atom stereocenters. The minimum Gasteiger partial charge on any atom is -0.493 e. The van der Waals surface area contributed by atoms with Crippen LogP contribution in [0.4, 0.5) is 5.69 Å². The van der Waals surface area contributed by atoms with Gasteiger partial charge in [0.1, 0.15) is 0 Å². The molecule has 2 aromatic carbocycles. The number of nitriles is 1. The standard InChI is InChI=1S/C21H23N3O4/c1-26-18-12-16(13-19(27-2)20(18)28-3)21(25)24-9-7-23(8-10-24)17-6-4-5-15(11-17)14-22/h4-6,11-13H,7-10H2,1-3H3. The Bertz CT molecular complexity index is 874. The van der Waals surface area contributed by atoms with Gasteiger partial charge in [-0.2, -0.15) is 5.26 Å². The van der Waals surface area contributed by atoms with Crippen molar-refractivity contribution in [2.24, 2.45) is 0 Å². The third kappa shape index (κ3) is 3.81. The van der Waals surface area contributed by atoms with E-state index in [1.54, 1.807) is 18.2 Å². The number of hydrogen-bond donors (Lipinski definition) is 0. The molecule has 0 aromatic heterocycles. The van der Waals surface area contributed by atoms with Crippen molar-refractivity contribution in [3.8, 4) is 23.3 Å². The molecule has 0 saturated carbocycles. The fourth-order valence-electron chi connectivity index (χ4n) is 3.33. The summed E-state index contributed by atoms with van der Waals surface area (Å²) in [5.74, 6) is 1.29. The number of carbonyl (C=O) groups excluding carboxylic acids is 1. The summed E-state index contributed by atoms with van der Waals surface area (Å²) in [6.45, 7) is 2.58. The first-order valence-electron chi connectivity index (χ1n) is 8.95. The summed E-state index contributed by atoms with van der Waals surface area (Å²) in [4.78, 5) is 17.0. The Hall–Kier alpha value is -3.40. The Morgan fingerprint density at radius 2 is 1.61 bits per heavy atom. The van der Waals surface area contributed by atoms with Crippen LogP contribution in [-0.4, -0.2) is 58.3 Å². The van der Waals surface area contributed by atoms with E-state index in [4.69, 9.17) is 19.5 Å². The lowest BCUT2D eigenvalue weighted by atomic mass is 10.1. The van der Waals surface area contributed by atoms with Crippen LogP contribution < -0.4 is 19.1 Å². The number of hydrogen-bond acceptors (Lipinski definition) is 6. The number of benzene rings is 2. The fraction of sp³-hybridized carbons (Fsp3) is 0.333. The molecular weight excluding hydrogens is 358 g/mol. The van der Waals surface area contributed by atoms with Gasteiger partial charge >= 0.3 is 0 Å². The number of rotatable bonds is 5. The van der Waals surface area contributed by atoms with Crippen molar-refractivity contribution >= 4 is 11.6 Å². The Morgan fingerprint density at radius 1 is 0.964 bits per heavy atom. The number of anilines is 1. The molecule has 1 amide bonds. The molecule has 0 bridgehead atoms. The molecule has 1 saturated heterocycles. The zero-order chi connectivity index (χ0) is 20.1. The minimum absolute atomic E-state index is 0.0790. The SMILES string of the molecule is COc1cc(C(=O)N2CCN(c3cccc(C#N)c3)CC2)cc(OC)c1OC. The smallest absolute Gasteiger partial charge is 0.254 e. The maximum absolute atomic E-state index is 13.0. The van der Waals surface area contributed by atoms with E-state index < -0.39 is 0 Å². The summed E-state index contributed by atoms with van der Waals surface area (Å²) in [7, 11) is 4.59. The Kier molecular flexibility index (Phi) is 5.90. The van der Waals surface area contributed by atoms with Gasteiger partial charge in [-0.25, -0.2) is 0 Å². The summed E-state index contributed by atoms with van der Waals surface area (Å²) in [6.07, 6.45) is 0. The van der Waals surface area contributed by atoms with Crippen molar-refractivity contribution in [1.29, 1.82) is 5.26 Å². The number of amides is 1. The molecule has 0 radical (unpaired) electrons. The third-order valence-electron chi connectivity index (χ3n) is 4.82. The molecule has 0 atom stereocenters. The van der Waals surface area contributed by atoms with E-state index in [0.717, 1.165) is 5.69 Å². The van der Waals surface area contributed by atoms with Crippen molar-refractivity contribution in [3.63, 3.8) is 0 Å². The van der Waals surface area contributed by atoms with Crippen LogP contribution in [0.15, 0.2) is 36.4 Å². The zero-order valence-electron chi connectivity index (χ0n) is 16.3. The van der Waals surface area contributed by atoms with Gasteiger partial charge in [-0.3, -0.25) is 4.79 Å². The van der Waals surface area contributed by atoms with Crippen molar-refractivity contribution in [1.82, 2.24) is 4.90 Å². The molecular formula is C21H23N3O4. The average molecular weight is 381 g/mol. The maximum atomic E-state index is 13.0. The Labute approximate surface area is 164 Å². The van der Waals surface area contributed by atoms with Crippen LogP contribution in [0.25, 0.3) is 0 Å². The predicted molar refractivity (Wildman–Crippen MR) is 105 cm³/mol. The quantitative estimate of drug-likeness (QED) is 0.792. The van der Waals surface area contributed by atoms with Gasteiger partial charge in [-0.1, -0.05) is 6.07 Å². The van der Waals surface area contributed by atoms with E-state index in [1.165, 1.54) is 21.3 Å². The van der Waals surface area contributed by atoms with Gasteiger partial charge in [0.2, 0.25) is 5.75 Å². The maximum Gasteiger partial charge on any atom is 0.254 e. The average Bonchev–Trinajstić information content (AvgIpc) is 2.77. The highest BCUT2D eigenvalue weighted by atomic mass is 16.5. The van der Waals surface area contributed by atoms with E-state index in [0.29, 0.717) is 54.6 Å². The third-order valence-corrected chi connectivity index (χ3v) is 4.82. The molecule has 2 aromatic rings. The zero-order valence-corrected chi connectivity index (χ0v) is 16.3. The van der Waals surface area contributed by atoms with E-state index >= 15 is 0 Å². The molecule has 7 nitrogen and oxygen atoms in total. The monoisotopic (exact) mass is 381 g/mol. The van der Waals surface area contributed by atoms with Gasteiger partial charge in [0.25, 0.3) is 5.91 Å². The minimum atomic E-state index is -0.0790. The lowest BCUT2D eigenvalue weighted by Crippen LogP contribution is -2.48. The molecule has 7 heteroatoms. The van der Waals surface area contributed by atoms with Crippen LogP contribution >= 0.6 is 0 Å². The summed E-state index contributed by atoms with van der Waals surface area (Å²) in [5, 5.41) is 9.07. The second-order valence-electron chi connectivity index (χ2n) is 6.36. The Morgan fingerprint density at radius 3 is 2.14 bits per heavy atom. The van der Waals surface area contributed by atoms with Crippen LogP contribution in [0.2, 0.25) is 0 Å². The molecule has 0 spiro atoms. The first-order valence-corrected chi connectivity index (χ1v) is 8.95. The molecule has 0 N–H and O–H groups in total. The number of carbonyl (C=O) groups is 1. The molecule has 1 aliphatic heterocycles. The van der Waals surface area contributed by atoms with E-state index in [1.807, 2.05) is 23.1 Å². The van der Waals surface area contributed by atoms with Crippen LogP contribution in [-0.2, 0) is 0 Å². The van der Waals surface area contributed by atoms with Crippen molar-refractivity contribution < 1.29 is 19.0 Å². The van der Waals surface area contributed by atoms with Gasteiger partial charge in [-0.15, -0.1) is 0 Å². The summed E-state index contributed by atoms with van der Waals surface area (Å²) in [5.41, 5.74) is 2.13. The lowest BCUT2D eigenvalue weighted by Gasteiger charge is -2.36. The van der Waals surface area contributed by atoms with Gasteiger partial charge in [-0.05, 0) is 30.3 Å². The lowest BCUT2D eigenvalue weighted by molar-refractivity contribution is 0.0746. The van der Waals surface area contributed by atoms with E-state index in [-0.39, 0.29) is 5.91 Å². The number of ether oxygens (including phenoxy) is 3. The topological polar surface area (TPSA) is 75.0 Å². The Balaban J connectivity index is 1.74.